The Labute approximate surface area is 173 Å². The van der Waals surface area contributed by atoms with Crippen LogP contribution in [0.2, 0.25) is 0 Å². The second-order valence-electron chi connectivity index (χ2n) is 8.27. The molecule has 0 aliphatic carbocycles. The normalized spacial score (nSPS) is 21.3. The third kappa shape index (κ3) is 6.06. The lowest BCUT2D eigenvalue weighted by Gasteiger charge is -2.35. The molecule has 0 spiro atoms. The van der Waals surface area contributed by atoms with E-state index in [0.29, 0.717) is 31.3 Å². The van der Waals surface area contributed by atoms with Gasteiger partial charge in [-0.05, 0) is 38.9 Å². The quantitative estimate of drug-likeness (QED) is 0.710. The van der Waals surface area contributed by atoms with Crippen LogP contribution in [0, 0.1) is 16.7 Å². The molecule has 0 unspecified atom stereocenters. The van der Waals surface area contributed by atoms with Gasteiger partial charge in [0.1, 0.15) is 12.7 Å². The Balaban J connectivity index is 1.59. The van der Waals surface area contributed by atoms with Crippen LogP contribution in [0.15, 0.2) is 18.2 Å². The Morgan fingerprint density at radius 1 is 1.21 bits per heavy atom. The predicted octanol–water partition coefficient (Wildman–Crippen LogP) is 1.89. The molecule has 2 fully saturated rings. The van der Waals surface area contributed by atoms with Crippen LogP contribution in [-0.4, -0.2) is 80.7 Å². The molecule has 0 bridgehead atoms. The molecule has 2 saturated heterocycles. The van der Waals surface area contributed by atoms with Crippen molar-refractivity contribution >= 4 is 0 Å². The van der Waals surface area contributed by atoms with Crippen molar-refractivity contribution in [2.75, 3.05) is 59.7 Å². The molecule has 3 rings (SSSR count). The standard InChI is InChI=1S/C22H33N3O4/c1-22(17-23)6-8-24(9-7-22)14-18-4-3-5-20(27-2)21(18)29-16-19(26)15-25-10-12-28-13-11-25/h3-5,19,26H,6-16H2,1-2H3/t19-/m0/s1. The minimum Gasteiger partial charge on any atom is -0.493 e. The molecular weight excluding hydrogens is 370 g/mol. The second kappa shape index (κ2) is 10.3. The number of piperidine rings is 1. The lowest BCUT2D eigenvalue weighted by Crippen LogP contribution is -2.42. The van der Waals surface area contributed by atoms with Gasteiger partial charge < -0.3 is 19.3 Å². The van der Waals surface area contributed by atoms with Crippen LogP contribution in [0.1, 0.15) is 25.3 Å². The number of aliphatic hydroxyl groups excluding tert-OH is 1. The molecule has 0 radical (unpaired) electrons. The third-order valence-electron chi connectivity index (χ3n) is 5.90. The summed E-state index contributed by atoms with van der Waals surface area (Å²) in [6.45, 7) is 8.47. The number of nitriles is 1. The third-order valence-corrected chi connectivity index (χ3v) is 5.90. The number of ether oxygens (including phenoxy) is 3. The van der Waals surface area contributed by atoms with E-state index in [0.717, 1.165) is 51.1 Å². The molecule has 0 aromatic heterocycles. The molecule has 2 heterocycles. The van der Waals surface area contributed by atoms with E-state index >= 15 is 0 Å². The zero-order valence-corrected chi connectivity index (χ0v) is 17.6. The van der Waals surface area contributed by atoms with Gasteiger partial charge in [-0.3, -0.25) is 9.80 Å². The summed E-state index contributed by atoms with van der Waals surface area (Å²) in [5.41, 5.74) is 0.830. The Bertz CT molecular complexity index is 692. The topological polar surface area (TPSA) is 78.2 Å². The lowest BCUT2D eigenvalue weighted by atomic mass is 9.82. The molecule has 1 aromatic rings. The Morgan fingerprint density at radius 3 is 2.59 bits per heavy atom. The summed E-state index contributed by atoms with van der Waals surface area (Å²) < 4.78 is 16.9. The average Bonchev–Trinajstić information content (AvgIpc) is 2.75. The van der Waals surface area contributed by atoms with E-state index in [1.165, 1.54) is 0 Å². The molecule has 0 amide bonds. The smallest absolute Gasteiger partial charge is 0.165 e. The van der Waals surface area contributed by atoms with E-state index < -0.39 is 6.10 Å². The maximum atomic E-state index is 10.4. The summed E-state index contributed by atoms with van der Waals surface area (Å²) in [6.07, 6.45) is 1.18. The summed E-state index contributed by atoms with van der Waals surface area (Å²) >= 11 is 0. The van der Waals surface area contributed by atoms with E-state index in [9.17, 15) is 10.4 Å². The van der Waals surface area contributed by atoms with Crippen LogP contribution in [0.3, 0.4) is 0 Å². The van der Waals surface area contributed by atoms with Crippen molar-refractivity contribution in [3.63, 3.8) is 0 Å². The van der Waals surface area contributed by atoms with Gasteiger partial charge in [0, 0.05) is 31.7 Å². The maximum absolute atomic E-state index is 10.4. The number of hydrogen-bond acceptors (Lipinski definition) is 7. The number of para-hydroxylation sites is 1. The molecule has 1 aromatic carbocycles. The Kier molecular flexibility index (Phi) is 7.73. The highest BCUT2D eigenvalue weighted by atomic mass is 16.5. The highest BCUT2D eigenvalue weighted by Gasteiger charge is 2.30. The number of nitrogens with zero attached hydrogens (tertiary/aromatic N) is 3. The van der Waals surface area contributed by atoms with Crippen LogP contribution >= 0.6 is 0 Å². The minimum atomic E-state index is -0.572. The van der Waals surface area contributed by atoms with E-state index in [2.05, 4.69) is 15.9 Å². The number of likely N-dealkylation sites (tertiary alicyclic amines) is 1. The van der Waals surface area contributed by atoms with Crippen molar-refractivity contribution in [2.24, 2.45) is 5.41 Å². The lowest BCUT2D eigenvalue weighted by molar-refractivity contribution is 0.00428. The zero-order valence-electron chi connectivity index (χ0n) is 17.6. The van der Waals surface area contributed by atoms with Gasteiger partial charge in [-0.25, -0.2) is 0 Å². The van der Waals surface area contributed by atoms with Gasteiger partial charge in [-0.1, -0.05) is 12.1 Å². The molecular formula is C22H33N3O4. The van der Waals surface area contributed by atoms with Crippen molar-refractivity contribution < 1.29 is 19.3 Å². The Morgan fingerprint density at radius 2 is 1.93 bits per heavy atom. The fourth-order valence-corrected chi connectivity index (χ4v) is 3.88. The first-order valence-corrected chi connectivity index (χ1v) is 10.4. The number of β-amino-alcohol motifs (C(OH)–C–C–N with tert-alkyl or cyclic N) is 1. The number of rotatable bonds is 8. The summed E-state index contributed by atoms with van der Waals surface area (Å²) in [5, 5.41) is 19.8. The molecule has 7 heteroatoms. The molecule has 0 saturated carbocycles. The Hall–Kier alpha value is -1.85. The fourth-order valence-electron chi connectivity index (χ4n) is 3.88. The van der Waals surface area contributed by atoms with E-state index in [1.54, 1.807) is 7.11 Å². The molecule has 160 valence electrons. The highest BCUT2D eigenvalue weighted by molar-refractivity contribution is 5.46. The van der Waals surface area contributed by atoms with Gasteiger partial charge in [0.05, 0.1) is 31.8 Å². The van der Waals surface area contributed by atoms with Crippen molar-refractivity contribution in [3.8, 4) is 17.6 Å². The van der Waals surface area contributed by atoms with E-state index in [-0.39, 0.29) is 12.0 Å². The van der Waals surface area contributed by atoms with Crippen molar-refractivity contribution in [1.82, 2.24) is 9.80 Å². The highest BCUT2D eigenvalue weighted by Crippen LogP contribution is 2.35. The second-order valence-corrected chi connectivity index (χ2v) is 8.27. The largest absolute Gasteiger partial charge is 0.493 e. The molecule has 7 nitrogen and oxygen atoms in total. The zero-order chi connectivity index (χ0) is 20.7. The summed E-state index contributed by atoms with van der Waals surface area (Å²) in [5.74, 6) is 1.38. The number of hydrogen-bond donors (Lipinski definition) is 1. The van der Waals surface area contributed by atoms with Gasteiger partial charge >= 0.3 is 0 Å². The van der Waals surface area contributed by atoms with E-state index in [4.69, 9.17) is 14.2 Å². The minimum absolute atomic E-state index is 0.214. The van der Waals surface area contributed by atoms with Crippen molar-refractivity contribution in [2.45, 2.75) is 32.4 Å². The molecule has 2 aliphatic rings. The van der Waals surface area contributed by atoms with Crippen molar-refractivity contribution in [1.29, 1.82) is 5.26 Å². The number of methoxy groups -OCH3 is 1. The molecule has 2 aliphatic heterocycles. The number of aliphatic hydroxyl groups is 1. The van der Waals surface area contributed by atoms with Crippen LogP contribution in [0.25, 0.3) is 0 Å². The molecule has 1 N–H and O–H groups in total. The van der Waals surface area contributed by atoms with Crippen LogP contribution in [0.4, 0.5) is 0 Å². The number of benzene rings is 1. The first-order chi connectivity index (χ1) is 14.0. The SMILES string of the molecule is COc1cccc(CN2CCC(C)(C#N)CC2)c1OC[C@@H](O)CN1CCOCC1. The van der Waals surface area contributed by atoms with Gasteiger partial charge in [-0.2, -0.15) is 5.26 Å². The van der Waals surface area contributed by atoms with Gasteiger partial charge in [0.15, 0.2) is 11.5 Å². The van der Waals surface area contributed by atoms with Crippen LogP contribution in [0.5, 0.6) is 11.5 Å². The predicted molar refractivity (Wildman–Crippen MR) is 110 cm³/mol. The number of morpholine rings is 1. The monoisotopic (exact) mass is 403 g/mol. The van der Waals surface area contributed by atoms with Gasteiger partial charge in [0.25, 0.3) is 0 Å². The average molecular weight is 404 g/mol. The van der Waals surface area contributed by atoms with Gasteiger partial charge in [0.2, 0.25) is 0 Å². The molecule has 1 atom stereocenters. The van der Waals surface area contributed by atoms with Gasteiger partial charge in [-0.15, -0.1) is 0 Å². The summed E-state index contributed by atoms with van der Waals surface area (Å²) in [7, 11) is 1.63. The molecule has 29 heavy (non-hydrogen) atoms. The summed E-state index contributed by atoms with van der Waals surface area (Å²) in [6, 6.07) is 8.35. The van der Waals surface area contributed by atoms with E-state index in [1.807, 2.05) is 25.1 Å². The first-order valence-electron chi connectivity index (χ1n) is 10.4. The summed E-state index contributed by atoms with van der Waals surface area (Å²) in [4.78, 5) is 4.55. The van der Waals surface area contributed by atoms with Crippen LogP contribution in [-0.2, 0) is 11.3 Å². The fraction of sp³-hybridized carbons (Fsp3) is 0.682. The van der Waals surface area contributed by atoms with Crippen LogP contribution < -0.4 is 9.47 Å². The first kappa shape index (κ1) is 21.8. The van der Waals surface area contributed by atoms with Crippen molar-refractivity contribution in [3.05, 3.63) is 23.8 Å². The maximum Gasteiger partial charge on any atom is 0.165 e.